The van der Waals surface area contributed by atoms with Crippen molar-refractivity contribution < 1.29 is 4.79 Å². The van der Waals surface area contributed by atoms with Crippen LogP contribution in [0.2, 0.25) is 0 Å². The van der Waals surface area contributed by atoms with E-state index in [4.69, 9.17) is 0 Å². The van der Waals surface area contributed by atoms with Gasteiger partial charge in [0.15, 0.2) is 5.78 Å². The summed E-state index contributed by atoms with van der Waals surface area (Å²) in [4.78, 5) is 19.1. The number of aromatic nitrogens is 3. The summed E-state index contributed by atoms with van der Waals surface area (Å²) in [6.45, 7) is 0. The number of benzene rings is 2. The second-order valence-corrected chi connectivity index (χ2v) is 8.54. The Bertz CT molecular complexity index is 1270. The minimum atomic E-state index is -0.258. The van der Waals surface area contributed by atoms with E-state index in [1.54, 1.807) is 17.7 Å². The maximum Gasteiger partial charge on any atom is 0.226 e. The second kappa shape index (κ2) is 6.39. The largest absolute Gasteiger partial charge is 0.328 e. The smallest absolute Gasteiger partial charge is 0.226 e. The average Bonchev–Trinajstić information content (AvgIpc) is 3.44. The summed E-state index contributed by atoms with van der Waals surface area (Å²) in [5, 5.41) is 12.3. The van der Waals surface area contributed by atoms with Gasteiger partial charge in [0.25, 0.3) is 0 Å². The molecule has 0 saturated carbocycles. The van der Waals surface area contributed by atoms with Crippen molar-refractivity contribution in [3.63, 3.8) is 0 Å². The monoisotopic (exact) mass is 398 g/mol. The number of fused-ring (bicyclic) bond motifs is 2. The van der Waals surface area contributed by atoms with Crippen LogP contribution in [0.3, 0.4) is 0 Å². The molecule has 29 heavy (non-hydrogen) atoms. The van der Waals surface area contributed by atoms with Crippen molar-refractivity contribution in [3.05, 3.63) is 88.0 Å². The van der Waals surface area contributed by atoms with E-state index < -0.39 is 0 Å². The first kappa shape index (κ1) is 16.7. The van der Waals surface area contributed by atoms with Crippen molar-refractivity contribution >= 4 is 33.8 Å². The van der Waals surface area contributed by atoms with Crippen LogP contribution in [0.15, 0.2) is 77.6 Å². The molecule has 142 valence electrons. The van der Waals surface area contributed by atoms with Crippen LogP contribution in [-0.4, -0.2) is 20.5 Å². The predicted molar refractivity (Wildman–Crippen MR) is 114 cm³/mol. The van der Waals surface area contributed by atoms with Gasteiger partial charge in [0.1, 0.15) is 12.4 Å². The van der Waals surface area contributed by atoms with Crippen molar-refractivity contribution in [1.29, 1.82) is 0 Å². The highest BCUT2D eigenvalue weighted by Crippen LogP contribution is 2.45. The molecule has 0 fully saturated rings. The van der Waals surface area contributed by atoms with Gasteiger partial charge in [0, 0.05) is 28.5 Å². The molecule has 2 aliphatic rings. The van der Waals surface area contributed by atoms with Crippen molar-refractivity contribution in [2.75, 3.05) is 5.32 Å². The fourth-order valence-electron chi connectivity index (χ4n) is 4.65. The number of ketones is 1. The molecule has 0 radical (unpaired) electrons. The summed E-state index contributed by atoms with van der Waals surface area (Å²) in [6.07, 6.45) is 2.90. The molecule has 0 bridgehead atoms. The highest BCUT2D eigenvalue weighted by atomic mass is 32.1. The molecule has 0 spiro atoms. The molecule has 0 unspecified atom stereocenters. The van der Waals surface area contributed by atoms with E-state index in [1.807, 2.05) is 16.8 Å². The zero-order chi connectivity index (χ0) is 19.4. The SMILES string of the molecule is O=C1C[C@H](c2cccs2)CC2=C1[C@H](c1cccc3ccccc13)n1ncnc1N2. The summed E-state index contributed by atoms with van der Waals surface area (Å²) in [6, 6.07) is 18.5. The Morgan fingerprint density at radius 1 is 1.03 bits per heavy atom. The molecule has 4 aromatic rings. The number of hydrogen-bond acceptors (Lipinski definition) is 5. The fourth-order valence-corrected chi connectivity index (χ4v) is 5.48. The van der Waals surface area contributed by atoms with Crippen LogP contribution in [0.5, 0.6) is 0 Å². The maximum atomic E-state index is 13.4. The molecule has 5 nitrogen and oxygen atoms in total. The number of rotatable bonds is 2. The van der Waals surface area contributed by atoms with Gasteiger partial charge < -0.3 is 5.32 Å². The summed E-state index contributed by atoms with van der Waals surface area (Å²) >= 11 is 1.72. The number of carbonyl (C=O) groups is 1. The molecule has 1 aliphatic carbocycles. The highest BCUT2D eigenvalue weighted by Gasteiger charge is 2.39. The van der Waals surface area contributed by atoms with Gasteiger partial charge in [0.05, 0.1) is 0 Å². The van der Waals surface area contributed by atoms with Gasteiger partial charge in [-0.15, -0.1) is 11.3 Å². The van der Waals surface area contributed by atoms with Crippen molar-refractivity contribution in [1.82, 2.24) is 14.8 Å². The van der Waals surface area contributed by atoms with E-state index in [-0.39, 0.29) is 17.7 Å². The Labute approximate surface area is 171 Å². The zero-order valence-corrected chi connectivity index (χ0v) is 16.4. The lowest BCUT2D eigenvalue weighted by atomic mass is 9.79. The number of Topliss-reactive ketones (excluding diaryl/α,β-unsaturated/α-hetero) is 1. The summed E-state index contributed by atoms with van der Waals surface area (Å²) in [5.74, 6) is 1.11. The van der Waals surface area contributed by atoms with E-state index in [2.05, 4.69) is 63.2 Å². The second-order valence-electron chi connectivity index (χ2n) is 7.56. The number of hydrogen-bond donors (Lipinski definition) is 1. The normalized spacial score (nSPS) is 21.0. The molecular weight excluding hydrogens is 380 g/mol. The lowest BCUT2D eigenvalue weighted by molar-refractivity contribution is -0.116. The Balaban J connectivity index is 1.55. The van der Waals surface area contributed by atoms with Gasteiger partial charge in [-0.05, 0) is 34.2 Å². The van der Waals surface area contributed by atoms with Gasteiger partial charge in [-0.1, -0.05) is 48.5 Å². The quantitative estimate of drug-likeness (QED) is 0.521. The van der Waals surface area contributed by atoms with Crippen LogP contribution >= 0.6 is 11.3 Å². The lowest BCUT2D eigenvalue weighted by Crippen LogP contribution is -2.33. The van der Waals surface area contributed by atoms with Gasteiger partial charge in [0.2, 0.25) is 5.95 Å². The molecule has 1 aliphatic heterocycles. The molecule has 6 heteroatoms. The summed E-state index contributed by atoms with van der Waals surface area (Å²) in [5.41, 5.74) is 2.90. The third kappa shape index (κ3) is 2.56. The molecule has 2 aromatic carbocycles. The minimum Gasteiger partial charge on any atom is -0.328 e. The predicted octanol–water partition coefficient (Wildman–Crippen LogP) is 4.91. The number of thiophene rings is 1. The Kier molecular flexibility index (Phi) is 3.67. The molecule has 6 rings (SSSR count). The maximum absolute atomic E-state index is 13.4. The Morgan fingerprint density at radius 3 is 2.83 bits per heavy atom. The topological polar surface area (TPSA) is 59.8 Å². The van der Waals surface area contributed by atoms with Gasteiger partial charge in [-0.2, -0.15) is 10.1 Å². The third-order valence-corrected chi connectivity index (χ3v) is 6.96. The van der Waals surface area contributed by atoms with Crippen LogP contribution < -0.4 is 5.32 Å². The molecule has 3 heterocycles. The minimum absolute atomic E-state index is 0.191. The number of nitrogens with one attached hydrogen (secondary N) is 1. The summed E-state index contributed by atoms with van der Waals surface area (Å²) in [7, 11) is 0. The number of allylic oxidation sites excluding steroid dienone is 2. The van der Waals surface area contributed by atoms with Gasteiger partial charge in [-0.25, -0.2) is 4.68 Å². The van der Waals surface area contributed by atoms with Crippen LogP contribution in [0.1, 0.15) is 35.2 Å². The van der Waals surface area contributed by atoms with E-state index in [9.17, 15) is 4.79 Å². The zero-order valence-electron chi connectivity index (χ0n) is 15.6. The fraction of sp³-hybridized carbons (Fsp3) is 0.174. The molecule has 2 aromatic heterocycles. The third-order valence-electron chi connectivity index (χ3n) is 5.93. The molecule has 1 N–H and O–H groups in total. The van der Waals surface area contributed by atoms with E-state index in [0.29, 0.717) is 12.4 Å². The van der Waals surface area contributed by atoms with E-state index in [0.717, 1.165) is 34.0 Å². The number of carbonyl (C=O) groups excluding carboxylic acids is 1. The summed E-state index contributed by atoms with van der Waals surface area (Å²) < 4.78 is 1.85. The van der Waals surface area contributed by atoms with Gasteiger partial charge >= 0.3 is 0 Å². The Morgan fingerprint density at radius 2 is 1.93 bits per heavy atom. The van der Waals surface area contributed by atoms with Gasteiger partial charge in [-0.3, -0.25) is 4.79 Å². The van der Waals surface area contributed by atoms with Crippen molar-refractivity contribution in [3.8, 4) is 0 Å². The first-order valence-electron chi connectivity index (χ1n) is 9.73. The van der Waals surface area contributed by atoms with Crippen LogP contribution in [-0.2, 0) is 4.79 Å². The molecule has 2 atom stereocenters. The molecule has 0 saturated heterocycles. The van der Waals surface area contributed by atoms with Crippen LogP contribution in [0.4, 0.5) is 5.95 Å². The lowest BCUT2D eigenvalue weighted by Gasteiger charge is -2.35. The molecule has 0 amide bonds. The van der Waals surface area contributed by atoms with Crippen molar-refractivity contribution in [2.45, 2.75) is 24.8 Å². The molecular formula is C23H18N4OS. The average molecular weight is 398 g/mol. The first-order chi connectivity index (χ1) is 14.3. The highest BCUT2D eigenvalue weighted by molar-refractivity contribution is 7.10. The number of nitrogens with zero attached hydrogens (tertiary/aromatic N) is 3. The van der Waals surface area contributed by atoms with Crippen LogP contribution in [0, 0.1) is 0 Å². The van der Waals surface area contributed by atoms with E-state index in [1.165, 1.54) is 4.88 Å². The van der Waals surface area contributed by atoms with Crippen molar-refractivity contribution in [2.24, 2.45) is 0 Å². The number of anilines is 1. The van der Waals surface area contributed by atoms with E-state index >= 15 is 0 Å². The Hall–Kier alpha value is -3.25. The standard InChI is InChI=1S/C23H18N4OS/c28-19-12-15(20-9-4-10-29-20)11-18-21(19)22(27-23(26-18)24-13-25-27)17-8-3-6-14-5-1-2-7-16(14)17/h1-10,13,15,22H,11-12H2,(H,24,25,26)/t15-,22+/m1/s1. The van der Waals surface area contributed by atoms with Crippen LogP contribution in [0.25, 0.3) is 10.8 Å². The first-order valence-corrected chi connectivity index (χ1v) is 10.6.